The maximum Gasteiger partial charge on any atom is 0.246 e. The number of amides is 1. The summed E-state index contributed by atoms with van der Waals surface area (Å²) in [4.78, 5) is 17.0. The lowest BCUT2D eigenvalue weighted by atomic mass is 10.2. The molecule has 1 fully saturated rings. The van der Waals surface area contributed by atoms with Crippen molar-refractivity contribution in [3.05, 3.63) is 66.2 Å². The van der Waals surface area contributed by atoms with Gasteiger partial charge in [0.25, 0.3) is 0 Å². The quantitative estimate of drug-likeness (QED) is 0.499. The summed E-state index contributed by atoms with van der Waals surface area (Å²) in [6.45, 7) is 8.94. The highest BCUT2D eigenvalue weighted by Crippen LogP contribution is 2.17. The highest BCUT2D eigenvalue weighted by Gasteiger charge is 2.21. The average Bonchev–Trinajstić information content (AvgIpc) is 2.84. The van der Waals surface area contributed by atoms with Crippen LogP contribution in [0.15, 0.2) is 65.6 Å². The van der Waals surface area contributed by atoms with Crippen molar-refractivity contribution in [1.29, 1.82) is 0 Å². The summed E-state index contributed by atoms with van der Waals surface area (Å²) in [6, 6.07) is 16.4. The molecule has 1 amide bonds. The summed E-state index contributed by atoms with van der Waals surface area (Å²) in [5.41, 5.74) is 0.790. The van der Waals surface area contributed by atoms with E-state index in [4.69, 9.17) is 4.74 Å². The van der Waals surface area contributed by atoms with Crippen molar-refractivity contribution in [1.82, 2.24) is 14.1 Å². The van der Waals surface area contributed by atoms with E-state index in [0.717, 1.165) is 30.9 Å². The maximum atomic E-state index is 12.6. The first-order valence-corrected chi connectivity index (χ1v) is 12.9. The minimum Gasteiger partial charge on any atom is -0.492 e. The molecule has 0 bridgehead atoms. The number of benzene rings is 2. The number of ether oxygens (including phenoxy) is 1. The van der Waals surface area contributed by atoms with Gasteiger partial charge in [-0.25, -0.2) is 8.42 Å². The second kappa shape index (κ2) is 12.0. The highest BCUT2D eigenvalue weighted by atomic mass is 32.2. The zero-order valence-electron chi connectivity index (χ0n) is 19.4. The van der Waals surface area contributed by atoms with Crippen molar-refractivity contribution >= 4 is 22.0 Å². The van der Waals surface area contributed by atoms with Crippen LogP contribution in [0.25, 0.3) is 6.08 Å². The molecule has 1 aliphatic rings. The highest BCUT2D eigenvalue weighted by molar-refractivity contribution is 7.89. The van der Waals surface area contributed by atoms with Gasteiger partial charge in [-0.3, -0.25) is 9.69 Å². The van der Waals surface area contributed by atoms with Gasteiger partial charge in [-0.05, 0) is 35.9 Å². The lowest BCUT2D eigenvalue weighted by Gasteiger charge is -2.34. The molecular formula is C25H33N3O4S. The van der Waals surface area contributed by atoms with Crippen molar-refractivity contribution in [2.75, 3.05) is 52.4 Å². The van der Waals surface area contributed by atoms with Crippen LogP contribution in [0, 0.1) is 0 Å². The Bertz CT molecular complexity index is 1010. The summed E-state index contributed by atoms with van der Waals surface area (Å²) < 4.78 is 32.3. The van der Waals surface area contributed by atoms with E-state index >= 15 is 0 Å². The zero-order chi connectivity index (χ0) is 23.7. The maximum absolute atomic E-state index is 12.6. The van der Waals surface area contributed by atoms with Crippen molar-refractivity contribution in [3.63, 3.8) is 0 Å². The Morgan fingerprint density at radius 2 is 1.61 bits per heavy atom. The van der Waals surface area contributed by atoms with E-state index in [9.17, 15) is 13.2 Å². The van der Waals surface area contributed by atoms with E-state index in [1.54, 1.807) is 36.4 Å². The van der Waals surface area contributed by atoms with Crippen LogP contribution in [-0.2, 0) is 14.8 Å². The number of nitrogens with zero attached hydrogens (tertiary/aromatic N) is 3. The van der Waals surface area contributed by atoms with E-state index in [2.05, 4.69) is 4.90 Å². The van der Waals surface area contributed by atoms with Crippen molar-refractivity contribution in [3.8, 4) is 5.75 Å². The van der Waals surface area contributed by atoms with E-state index in [1.807, 2.05) is 49.1 Å². The molecular weight excluding hydrogens is 438 g/mol. The second-order valence-corrected chi connectivity index (χ2v) is 9.76. The van der Waals surface area contributed by atoms with Crippen LogP contribution in [0.5, 0.6) is 5.75 Å². The number of piperazine rings is 1. The number of carbonyl (C=O) groups is 1. The SMILES string of the molecule is CCN(CC)S(=O)(=O)c1ccc(C=CC(=O)N2CCN(CCOc3ccccc3)CC2)cc1. The van der Waals surface area contributed by atoms with Gasteiger partial charge in [0.2, 0.25) is 15.9 Å². The van der Waals surface area contributed by atoms with Gasteiger partial charge in [-0.1, -0.05) is 44.2 Å². The zero-order valence-corrected chi connectivity index (χ0v) is 20.2. The van der Waals surface area contributed by atoms with Gasteiger partial charge < -0.3 is 9.64 Å². The van der Waals surface area contributed by atoms with Gasteiger partial charge in [0, 0.05) is 51.9 Å². The first kappa shape index (κ1) is 25.0. The predicted molar refractivity (Wildman–Crippen MR) is 131 cm³/mol. The summed E-state index contributed by atoms with van der Waals surface area (Å²) in [5.74, 6) is 0.838. The third kappa shape index (κ3) is 6.90. The number of sulfonamides is 1. The Morgan fingerprint density at radius 1 is 0.970 bits per heavy atom. The number of rotatable bonds is 10. The Morgan fingerprint density at radius 3 is 2.21 bits per heavy atom. The van der Waals surface area contributed by atoms with Crippen molar-refractivity contribution in [2.24, 2.45) is 0 Å². The molecule has 0 saturated carbocycles. The van der Waals surface area contributed by atoms with Crippen LogP contribution >= 0.6 is 0 Å². The van der Waals surface area contributed by atoms with Crippen LogP contribution in [0.2, 0.25) is 0 Å². The fourth-order valence-corrected chi connectivity index (χ4v) is 5.20. The third-order valence-electron chi connectivity index (χ3n) is 5.75. The monoisotopic (exact) mass is 471 g/mol. The molecule has 3 rings (SSSR count). The minimum absolute atomic E-state index is 0.0324. The molecule has 2 aromatic rings. The molecule has 178 valence electrons. The normalized spacial score (nSPS) is 15.3. The Balaban J connectivity index is 1.45. The van der Waals surface area contributed by atoms with Gasteiger partial charge in [0.05, 0.1) is 4.90 Å². The molecule has 33 heavy (non-hydrogen) atoms. The fraction of sp³-hybridized carbons (Fsp3) is 0.400. The molecule has 7 nitrogen and oxygen atoms in total. The van der Waals surface area contributed by atoms with E-state index in [1.165, 1.54) is 4.31 Å². The predicted octanol–water partition coefficient (Wildman–Crippen LogP) is 2.95. The largest absolute Gasteiger partial charge is 0.492 e. The Kier molecular flexibility index (Phi) is 9.05. The van der Waals surface area contributed by atoms with Gasteiger partial charge in [0.1, 0.15) is 12.4 Å². The van der Waals surface area contributed by atoms with E-state index in [-0.39, 0.29) is 10.8 Å². The standard InChI is InChI=1S/C25H33N3O4S/c1-3-28(4-2)33(30,31)24-13-10-22(11-14-24)12-15-25(29)27-18-16-26(17-19-27)20-21-32-23-8-6-5-7-9-23/h5-15H,3-4,16-21H2,1-2H3. The van der Waals surface area contributed by atoms with Gasteiger partial charge in [-0.2, -0.15) is 4.31 Å². The molecule has 0 spiro atoms. The number of carbonyl (C=O) groups excluding carboxylic acids is 1. The van der Waals surface area contributed by atoms with Crippen molar-refractivity contribution in [2.45, 2.75) is 18.7 Å². The first-order chi connectivity index (χ1) is 15.9. The molecule has 1 saturated heterocycles. The fourth-order valence-electron chi connectivity index (χ4n) is 3.74. The Labute approximate surface area is 197 Å². The summed E-state index contributed by atoms with van der Waals surface area (Å²) >= 11 is 0. The van der Waals surface area contributed by atoms with Crippen LogP contribution in [0.4, 0.5) is 0 Å². The van der Waals surface area contributed by atoms with Gasteiger partial charge in [0.15, 0.2) is 0 Å². The second-order valence-electron chi connectivity index (χ2n) is 7.82. The summed E-state index contributed by atoms with van der Waals surface area (Å²) in [7, 11) is -3.47. The molecule has 0 radical (unpaired) electrons. The van der Waals surface area contributed by atoms with Gasteiger partial charge in [-0.15, -0.1) is 0 Å². The van der Waals surface area contributed by atoms with Crippen LogP contribution in [-0.4, -0.2) is 80.9 Å². The molecule has 0 aromatic heterocycles. The summed E-state index contributed by atoms with van der Waals surface area (Å²) in [5, 5.41) is 0. The molecule has 0 unspecified atom stereocenters. The average molecular weight is 472 g/mol. The van der Waals surface area contributed by atoms with Crippen LogP contribution < -0.4 is 4.74 Å². The van der Waals surface area contributed by atoms with Gasteiger partial charge >= 0.3 is 0 Å². The molecule has 0 atom stereocenters. The lowest BCUT2D eigenvalue weighted by Crippen LogP contribution is -2.49. The topological polar surface area (TPSA) is 70.2 Å². The molecule has 0 N–H and O–H groups in total. The van der Waals surface area contributed by atoms with E-state index in [0.29, 0.717) is 32.8 Å². The first-order valence-electron chi connectivity index (χ1n) is 11.4. The van der Waals surface area contributed by atoms with Crippen molar-refractivity contribution < 1.29 is 17.9 Å². The Hall–Kier alpha value is -2.68. The van der Waals surface area contributed by atoms with Crippen LogP contribution in [0.3, 0.4) is 0 Å². The van der Waals surface area contributed by atoms with Crippen LogP contribution in [0.1, 0.15) is 19.4 Å². The third-order valence-corrected chi connectivity index (χ3v) is 7.81. The number of hydrogen-bond donors (Lipinski definition) is 0. The smallest absolute Gasteiger partial charge is 0.246 e. The van der Waals surface area contributed by atoms with E-state index < -0.39 is 10.0 Å². The molecule has 1 aliphatic heterocycles. The number of hydrogen-bond acceptors (Lipinski definition) is 5. The molecule has 2 aromatic carbocycles. The summed E-state index contributed by atoms with van der Waals surface area (Å²) in [6.07, 6.45) is 3.29. The number of para-hydroxylation sites is 1. The lowest BCUT2D eigenvalue weighted by molar-refractivity contribution is -0.127. The molecule has 8 heteroatoms. The minimum atomic E-state index is -3.47. The molecule has 1 heterocycles. The molecule has 0 aliphatic carbocycles.